The van der Waals surface area contributed by atoms with Gasteiger partial charge in [0.05, 0.1) is 18.9 Å². The molecule has 8 nitrogen and oxygen atoms in total. The van der Waals surface area contributed by atoms with Gasteiger partial charge in [-0.3, -0.25) is 9.52 Å². The molecular weight excluding hydrogens is 499 g/mol. The van der Waals surface area contributed by atoms with Crippen molar-refractivity contribution in [3.05, 3.63) is 90.3 Å². The topological polar surface area (TPSA) is 111 Å². The summed E-state index contributed by atoms with van der Waals surface area (Å²) in [6.07, 6.45) is -3.32. The number of nitrogens with zero attached hydrogens (tertiary/aromatic N) is 1. The highest BCUT2D eigenvalue weighted by molar-refractivity contribution is 7.92. The summed E-state index contributed by atoms with van der Waals surface area (Å²) < 4.78 is 77.1. The van der Waals surface area contributed by atoms with Crippen LogP contribution in [0.1, 0.15) is 16.1 Å². The number of halogens is 3. The van der Waals surface area contributed by atoms with E-state index in [0.717, 1.165) is 30.3 Å². The molecule has 4 rings (SSSR count). The second-order valence-corrected chi connectivity index (χ2v) is 9.05. The highest BCUT2D eigenvalue weighted by Crippen LogP contribution is 2.32. The Morgan fingerprint density at radius 1 is 0.972 bits per heavy atom. The summed E-state index contributed by atoms with van der Waals surface area (Å²) in [5.41, 5.74) is -0.236. The van der Waals surface area contributed by atoms with Gasteiger partial charge in [-0.1, -0.05) is 18.2 Å². The number of ether oxygens (including phenoxy) is 1. The van der Waals surface area contributed by atoms with Crippen LogP contribution in [0, 0.1) is 0 Å². The van der Waals surface area contributed by atoms with Gasteiger partial charge in [0.15, 0.2) is 0 Å². The molecule has 1 heterocycles. The average molecular weight is 517 g/mol. The van der Waals surface area contributed by atoms with Crippen molar-refractivity contribution in [3.8, 4) is 17.2 Å². The Labute approximate surface area is 203 Å². The fourth-order valence-corrected chi connectivity index (χ4v) is 4.44. The Bertz CT molecular complexity index is 1490. The summed E-state index contributed by atoms with van der Waals surface area (Å²) in [4.78, 5) is 16.4. The molecule has 4 aromatic rings. The molecule has 12 heteroatoms. The van der Waals surface area contributed by atoms with Gasteiger partial charge < -0.3 is 14.5 Å². The number of amides is 1. The first-order chi connectivity index (χ1) is 17.1. The zero-order valence-corrected chi connectivity index (χ0v) is 19.4. The molecule has 0 saturated heterocycles. The van der Waals surface area contributed by atoms with Crippen LogP contribution in [-0.2, 0) is 16.2 Å². The molecule has 0 atom stereocenters. The van der Waals surface area contributed by atoms with Crippen LogP contribution >= 0.6 is 0 Å². The zero-order valence-electron chi connectivity index (χ0n) is 18.5. The fraction of sp³-hybridized carbons (Fsp3) is 0.0833. The van der Waals surface area contributed by atoms with E-state index < -0.39 is 27.7 Å². The SMILES string of the molecule is COc1ccc(NC(=O)c2cnc(-c3ccccc3)o2)cc1S(=O)(=O)Nc1ccc(C(F)(F)F)cc1. The summed E-state index contributed by atoms with van der Waals surface area (Å²) >= 11 is 0. The van der Waals surface area contributed by atoms with Crippen molar-refractivity contribution < 1.29 is 35.5 Å². The van der Waals surface area contributed by atoms with Crippen LogP contribution in [0.3, 0.4) is 0 Å². The second-order valence-electron chi connectivity index (χ2n) is 7.40. The lowest BCUT2D eigenvalue weighted by atomic mass is 10.2. The van der Waals surface area contributed by atoms with Gasteiger partial charge in [0.1, 0.15) is 10.6 Å². The lowest BCUT2D eigenvalue weighted by Gasteiger charge is -2.14. The Morgan fingerprint density at radius 2 is 1.64 bits per heavy atom. The van der Waals surface area contributed by atoms with Crippen LogP contribution in [0.15, 0.2) is 88.3 Å². The molecule has 0 spiro atoms. The average Bonchev–Trinajstić information content (AvgIpc) is 3.35. The predicted octanol–water partition coefficient (Wildman–Crippen LogP) is 5.42. The summed E-state index contributed by atoms with van der Waals surface area (Å²) in [5.74, 6) is -0.580. The van der Waals surface area contributed by atoms with E-state index in [9.17, 15) is 26.4 Å². The van der Waals surface area contributed by atoms with Crippen molar-refractivity contribution in [2.45, 2.75) is 11.1 Å². The number of methoxy groups -OCH3 is 1. The van der Waals surface area contributed by atoms with Gasteiger partial charge in [0.2, 0.25) is 11.7 Å². The minimum atomic E-state index is -4.56. The molecule has 186 valence electrons. The number of benzene rings is 3. The third-order valence-electron chi connectivity index (χ3n) is 4.93. The Morgan fingerprint density at radius 3 is 2.28 bits per heavy atom. The summed E-state index contributed by atoms with van der Waals surface area (Å²) in [6.45, 7) is 0. The molecule has 0 aliphatic rings. The molecule has 36 heavy (non-hydrogen) atoms. The second kappa shape index (κ2) is 9.74. The Kier molecular flexibility index (Phi) is 6.71. The van der Waals surface area contributed by atoms with Crippen molar-refractivity contribution >= 4 is 27.3 Å². The Hall–Kier alpha value is -4.32. The zero-order chi connectivity index (χ0) is 25.9. The van der Waals surface area contributed by atoms with Crippen LogP contribution < -0.4 is 14.8 Å². The fourth-order valence-electron chi connectivity index (χ4n) is 3.19. The number of rotatable bonds is 7. The monoisotopic (exact) mass is 517 g/mol. The first-order valence-corrected chi connectivity index (χ1v) is 11.8. The quantitative estimate of drug-likeness (QED) is 0.339. The summed E-state index contributed by atoms with van der Waals surface area (Å²) in [6, 6.07) is 16.3. The number of alkyl halides is 3. The van der Waals surface area contributed by atoms with Crippen LogP contribution in [0.25, 0.3) is 11.5 Å². The van der Waals surface area contributed by atoms with Crippen molar-refractivity contribution in [2.75, 3.05) is 17.1 Å². The number of oxazole rings is 1. The lowest BCUT2D eigenvalue weighted by Crippen LogP contribution is -2.16. The maximum Gasteiger partial charge on any atom is 0.416 e. The van der Waals surface area contributed by atoms with Crippen molar-refractivity contribution in [1.29, 1.82) is 0 Å². The van der Waals surface area contributed by atoms with Crippen LogP contribution in [0.2, 0.25) is 0 Å². The number of sulfonamides is 1. The summed E-state index contributed by atoms with van der Waals surface area (Å²) in [5, 5.41) is 2.53. The molecule has 0 saturated carbocycles. The highest BCUT2D eigenvalue weighted by atomic mass is 32.2. The summed E-state index contributed by atoms with van der Waals surface area (Å²) in [7, 11) is -3.05. The van der Waals surface area contributed by atoms with Gasteiger partial charge >= 0.3 is 6.18 Å². The van der Waals surface area contributed by atoms with Gasteiger partial charge in [-0.05, 0) is 54.6 Å². The van der Waals surface area contributed by atoms with E-state index in [1.807, 2.05) is 6.07 Å². The number of carbonyl (C=O) groups is 1. The predicted molar refractivity (Wildman–Crippen MR) is 125 cm³/mol. The first-order valence-electron chi connectivity index (χ1n) is 10.3. The van der Waals surface area contributed by atoms with E-state index in [0.29, 0.717) is 5.56 Å². The Balaban J connectivity index is 1.55. The number of anilines is 2. The van der Waals surface area contributed by atoms with E-state index in [4.69, 9.17) is 9.15 Å². The third kappa shape index (κ3) is 5.49. The third-order valence-corrected chi connectivity index (χ3v) is 6.33. The number of carbonyl (C=O) groups excluding carboxylic acids is 1. The standard InChI is InChI=1S/C24H18F3N3O5S/c1-34-19-12-11-18(29-22(31)20-14-28-23(35-20)15-5-3-2-4-6-15)13-21(19)36(32,33)30-17-9-7-16(8-10-17)24(25,26)27/h2-14,30H,1H3,(H,29,31). The van der Waals surface area contributed by atoms with Gasteiger partial charge in [0.25, 0.3) is 15.9 Å². The van der Waals surface area contributed by atoms with Crippen LogP contribution in [0.4, 0.5) is 24.5 Å². The maximum atomic E-state index is 13.0. The number of aromatic nitrogens is 1. The van der Waals surface area contributed by atoms with Crippen molar-refractivity contribution in [3.63, 3.8) is 0 Å². The van der Waals surface area contributed by atoms with Crippen molar-refractivity contribution in [1.82, 2.24) is 4.98 Å². The molecule has 2 N–H and O–H groups in total. The molecule has 0 radical (unpaired) electrons. The molecule has 1 amide bonds. The van der Waals surface area contributed by atoms with Crippen LogP contribution in [0.5, 0.6) is 5.75 Å². The number of nitrogens with one attached hydrogen (secondary N) is 2. The molecular formula is C24H18F3N3O5S. The molecule has 1 aromatic heterocycles. The van der Waals surface area contributed by atoms with Crippen molar-refractivity contribution in [2.24, 2.45) is 0 Å². The first kappa shape index (κ1) is 24.8. The van der Waals surface area contributed by atoms with E-state index in [1.54, 1.807) is 24.3 Å². The molecule has 0 bridgehead atoms. The van der Waals surface area contributed by atoms with E-state index in [1.165, 1.54) is 25.4 Å². The maximum absolute atomic E-state index is 13.0. The van der Waals surface area contributed by atoms with E-state index in [-0.39, 0.29) is 33.7 Å². The van der Waals surface area contributed by atoms with E-state index >= 15 is 0 Å². The molecule has 0 unspecified atom stereocenters. The smallest absolute Gasteiger partial charge is 0.416 e. The molecule has 0 aliphatic carbocycles. The normalized spacial score (nSPS) is 11.7. The number of hydrogen-bond donors (Lipinski definition) is 2. The minimum Gasteiger partial charge on any atom is -0.495 e. The van der Waals surface area contributed by atoms with Gasteiger partial charge in [-0.2, -0.15) is 13.2 Å². The largest absolute Gasteiger partial charge is 0.495 e. The van der Waals surface area contributed by atoms with Gasteiger partial charge in [0, 0.05) is 16.9 Å². The minimum absolute atomic E-state index is 0.0431. The highest BCUT2D eigenvalue weighted by Gasteiger charge is 2.30. The van der Waals surface area contributed by atoms with Gasteiger partial charge in [-0.25, -0.2) is 13.4 Å². The van der Waals surface area contributed by atoms with E-state index in [2.05, 4.69) is 15.0 Å². The molecule has 0 fully saturated rings. The lowest BCUT2D eigenvalue weighted by molar-refractivity contribution is -0.137. The molecule has 0 aliphatic heterocycles. The molecule has 3 aromatic carbocycles. The van der Waals surface area contributed by atoms with Crippen LogP contribution in [-0.4, -0.2) is 26.4 Å². The van der Waals surface area contributed by atoms with Gasteiger partial charge in [-0.15, -0.1) is 0 Å². The number of hydrogen-bond acceptors (Lipinski definition) is 6.